The Morgan fingerprint density at radius 1 is 0.963 bits per heavy atom. The van der Waals surface area contributed by atoms with Crippen molar-refractivity contribution in [2.45, 2.75) is 6.18 Å². The Hall–Kier alpha value is -3.06. The summed E-state index contributed by atoms with van der Waals surface area (Å²) in [5.74, 6) is -0.309. The number of benzene rings is 2. The van der Waals surface area contributed by atoms with Gasteiger partial charge in [-0.1, -0.05) is 11.6 Å². The molecule has 2 aromatic carbocycles. The van der Waals surface area contributed by atoms with E-state index in [1.54, 1.807) is 42.6 Å². The van der Waals surface area contributed by atoms with Gasteiger partial charge in [0.25, 0.3) is 5.91 Å². The van der Waals surface area contributed by atoms with Crippen LogP contribution in [0.15, 0.2) is 67.0 Å². The molecule has 138 valence electrons. The van der Waals surface area contributed by atoms with E-state index in [9.17, 15) is 18.0 Å². The van der Waals surface area contributed by atoms with Crippen LogP contribution in [0.5, 0.6) is 0 Å². The van der Waals surface area contributed by atoms with Crippen molar-refractivity contribution in [1.82, 2.24) is 4.98 Å². The quantitative estimate of drug-likeness (QED) is 0.595. The predicted octanol–water partition coefficient (Wildman–Crippen LogP) is 5.75. The molecule has 0 saturated heterocycles. The molecular formula is C19H13ClF3N3O. The molecule has 0 saturated carbocycles. The fourth-order valence-electron chi connectivity index (χ4n) is 2.32. The van der Waals surface area contributed by atoms with Crippen molar-refractivity contribution in [3.05, 3.63) is 83.1 Å². The van der Waals surface area contributed by atoms with Gasteiger partial charge in [-0.25, -0.2) is 0 Å². The van der Waals surface area contributed by atoms with Crippen LogP contribution >= 0.6 is 11.6 Å². The van der Waals surface area contributed by atoms with Gasteiger partial charge >= 0.3 is 6.18 Å². The van der Waals surface area contributed by atoms with Crippen molar-refractivity contribution in [2.24, 2.45) is 0 Å². The van der Waals surface area contributed by atoms with E-state index in [1.165, 1.54) is 18.3 Å². The normalized spacial score (nSPS) is 11.1. The second kappa shape index (κ2) is 7.67. The molecule has 3 rings (SSSR count). The van der Waals surface area contributed by atoms with Crippen LogP contribution < -0.4 is 10.6 Å². The third-order valence-corrected chi connectivity index (χ3v) is 3.96. The molecule has 0 bridgehead atoms. The molecule has 1 aromatic heterocycles. The van der Waals surface area contributed by atoms with E-state index in [4.69, 9.17) is 11.6 Å². The molecule has 0 fully saturated rings. The average molecular weight is 392 g/mol. The smallest absolute Gasteiger partial charge is 0.356 e. The van der Waals surface area contributed by atoms with Crippen LogP contribution in [0.3, 0.4) is 0 Å². The molecule has 0 unspecified atom stereocenters. The molecule has 1 heterocycles. The first-order valence-corrected chi connectivity index (χ1v) is 8.16. The Labute approximate surface area is 158 Å². The highest BCUT2D eigenvalue weighted by atomic mass is 35.5. The lowest BCUT2D eigenvalue weighted by Gasteiger charge is -2.13. The van der Waals surface area contributed by atoms with Crippen molar-refractivity contribution in [2.75, 3.05) is 10.6 Å². The summed E-state index contributed by atoms with van der Waals surface area (Å²) in [4.78, 5) is 15.9. The summed E-state index contributed by atoms with van der Waals surface area (Å²) in [6.45, 7) is 0. The van der Waals surface area contributed by atoms with Gasteiger partial charge in [0, 0.05) is 29.5 Å². The van der Waals surface area contributed by atoms with Crippen molar-refractivity contribution >= 4 is 34.6 Å². The molecule has 0 aliphatic heterocycles. The lowest BCUT2D eigenvalue weighted by atomic mass is 10.2. The number of carbonyl (C=O) groups is 1. The summed E-state index contributed by atoms with van der Waals surface area (Å²) >= 11 is 5.61. The van der Waals surface area contributed by atoms with Gasteiger partial charge in [0.1, 0.15) is 0 Å². The number of aromatic nitrogens is 1. The summed E-state index contributed by atoms with van der Waals surface area (Å²) in [5.41, 5.74) is 0.861. The maximum atomic E-state index is 12.9. The monoisotopic (exact) mass is 391 g/mol. The molecule has 1 amide bonds. The molecular weight excluding hydrogens is 379 g/mol. The third-order valence-electron chi connectivity index (χ3n) is 3.63. The number of carbonyl (C=O) groups excluding carboxylic acids is 1. The lowest BCUT2D eigenvalue weighted by molar-refractivity contribution is -0.137. The Morgan fingerprint density at radius 3 is 2.26 bits per heavy atom. The van der Waals surface area contributed by atoms with Crippen LogP contribution in [0, 0.1) is 0 Å². The molecule has 0 radical (unpaired) electrons. The van der Waals surface area contributed by atoms with E-state index >= 15 is 0 Å². The summed E-state index contributed by atoms with van der Waals surface area (Å²) < 4.78 is 38.8. The zero-order valence-electron chi connectivity index (χ0n) is 13.7. The summed E-state index contributed by atoms with van der Waals surface area (Å²) in [6.07, 6.45) is -1.52. The molecule has 0 spiro atoms. The number of amides is 1. The van der Waals surface area contributed by atoms with E-state index in [1.807, 2.05) is 0 Å². The van der Waals surface area contributed by atoms with Crippen LogP contribution in [0.25, 0.3) is 0 Å². The fraction of sp³-hybridized carbons (Fsp3) is 0.0526. The maximum Gasteiger partial charge on any atom is 0.417 e. The Bertz CT molecular complexity index is 945. The first kappa shape index (κ1) is 18.7. The summed E-state index contributed by atoms with van der Waals surface area (Å²) in [6, 6.07) is 13.4. The number of nitrogens with zero attached hydrogens (tertiary/aromatic N) is 1. The maximum absolute atomic E-state index is 12.9. The highest BCUT2D eigenvalue weighted by Gasteiger charge is 2.33. The Balaban J connectivity index is 1.70. The highest BCUT2D eigenvalue weighted by molar-refractivity contribution is 6.31. The largest absolute Gasteiger partial charge is 0.417 e. The van der Waals surface area contributed by atoms with Gasteiger partial charge in [0.05, 0.1) is 16.1 Å². The van der Waals surface area contributed by atoms with Crippen LogP contribution in [0.4, 0.5) is 30.2 Å². The second-order valence-electron chi connectivity index (χ2n) is 5.59. The standard InChI is InChI=1S/C19H13ClF3N3O/c20-17-8-7-15(10-16(17)19(21,22)23)25-13-3-5-14(6-4-13)26-18(27)12-2-1-9-24-11-12/h1-11,25H,(H,26,27). The van der Waals surface area contributed by atoms with E-state index in [2.05, 4.69) is 15.6 Å². The minimum atomic E-state index is -4.53. The topological polar surface area (TPSA) is 54.0 Å². The molecule has 0 aliphatic rings. The number of halogens is 4. The number of rotatable bonds is 4. The van der Waals surface area contributed by atoms with Crippen LogP contribution in [0.1, 0.15) is 15.9 Å². The molecule has 2 N–H and O–H groups in total. The molecule has 0 aliphatic carbocycles. The van der Waals surface area contributed by atoms with Gasteiger partial charge in [-0.15, -0.1) is 0 Å². The SMILES string of the molecule is O=C(Nc1ccc(Nc2ccc(Cl)c(C(F)(F)F)c2)cc1)c1cccnc1. The third kappa shape index (κ3) is 4.77. The van der Waals surface area contributed by atoms with Gasteiger partial charge in [-0.3, -0.25) is 9.78 Å². The second-order valence-corrected chi connectivity index (χ2v) is 6.00. The van der Waals surface area contributed by atoms with E-state index in [0.717, 1.165) is 6.07 Å². The number of nitrogens with one attached hydrogen (secondary N) is 2. The molecule has 4 nitrogen and oxygen atoms in total. The number of hydrogen-bond acceptors (Lipinski definition) is 3. The summed E-state index contributed by atoms with van der Waals surface area (Å²) in [7, 11) is 0. The minimum Gasteiger partial charge on any atom is -0.356 e. The predicted molar refractivity (Wildman–Crippen MR) is 98.4 cm³/mol. The van der Waals surface area contributed by atoms with Gasteiger partial charge in [-0.2, -0.15) is 13.2 Å². The molecule has 8 heteroatoms. The van der Waals surface area contributed by atoms with E-state index in [0.29, 0.717) is 16.9 Å². The van der Waals surface area contributed by atoms with Crippen LogP contribution in [-0.2, 0) is 6.18 Å². The van der Waals surface area contributed by atoms with Crippen molar-refractivity contribution in [3.8, 4) is 0 Å². The Kier molecular flexibility index (Phi) is 5.32. The van der Waals surface area contributed by atoms with Crippen LogP contribution in [0.2, 0.25) is 5.02 Å². The van der Waals surface area contributed by atoms with Gasteiger partial charge < -0.3 is 10.6 Å². The van der Waals surface area contributed by atoms with Gasteiger partial charge in [-0.05, 0) is 54.6 Å². The highest BCUT2D eigenvalue weighted by Crippen LogP contribution is 2.36. The zero-order valence-corrected chi connectivity index (χ0v) is 14.5. The van der Waals surface area contributed by atoms with E-state index < -0.39 is 11.7 Å². The first-order valence-electron chi connectivity index (χ1n) is 7.78. The Morgan fingerprint density at radius 2 is 1.63 bits per heavy atom. The summed E-state index contributed by atoms with van der Waals surface area (Å²) in [5, 5.41) is 5.23. The molecule has 0 atom stereocenters. The zero-order chi connectivity index (χ0) is 19.4. The lowest BCUT2D eigenvalue weighted by Crippen LogP contribution is -2.11. The van der Waals surface area contributed by atoms with Crippen molar-refractivity contribution < 1.29 is 18.0 Å². The van der Waals surface area contributed by atoms with Crippen molar-refractivity contribution in [3.63, 3.8) is 0 Å². The molecule has 3 aromatic rings. The van der Waals surface area contributed by atoms with Gasteiger partial charge in [0.15, 0.2) is 0 Å². The van der Waals surface area contributed by atoms with Gasteiger partial charge in [0.2, 0.25) is 0 Å². The number of pyridine rings is 1. The minimum absolute atomic E-state index is 0.249. The number of hydrogen-bond donors (Lipinski definition) is 2. The van der Waals surface area contributed by atoms with Crippen molar-refractivity contribution in [1.29, 1.82) is 0 Å². The first-order chi connectivity index (χ1) is 12.8. The number of alkyl halides is 3. The van der Waals surface area contributed by atoms with Crippen LogP contribution in [-0.4, -0.2) is 10.9 Å². The fourth-order valence-corrected chi connectivity index (χ4v) is 2.55. The molecule has 27 heavy (non-hydrogen) atoms. The average Bonchev–Trinajstić information content (AvgIpc) is 2.64. The number of anilines is 3. The van der Waals surface area contributed by atoms with E-state index in [-0.39, 0.29) is 16.6 Å².